The zero-order chi connectivity index (χ0) is 30.8. The summed E-state index contributed by atoms with van der Waals surface area (Å²) in [6, 6.07) is 0. The normalized spacial score (nSPS) is 38.0. The Morgan fingerprint density at radius 2 is 1.32 bits per heavy atom. The Hall–Kier alpha value is 0.720. The third kappa shape index (κ3) is 7.63. The minimum Gasteiger partial charge on any atom is -1.00 e. The van der Waals surface area contributed by atoms with Gasteiger partial charge in [-0.1, -0.05) is 71.1 Å². The third-order valence-corrected chi connectivity index (χ3v) is 12.7. The summed E-state index contributed by atoms with van der Waals surface area (Å²) in [7, 11) is -1.00. The molecule has 7 heteroatoms. The molecule has 6 fully saturated rings. The van der Waals surface area contributed by atoms with E-state index in [1.807, 2.05) is 0 Å². The summed E-state index contributed by atoms with van der Waals surface area (Å²) in [5, 5.41) is 0. The molecule has 0 aromatic heterocycles. The van der Waals surface area contributed by atoms with E-state index in [1.54, 1.807) is 0 Å². The van der Waals surface area contributed by atoms with E-state index in [9.17, 15) is 4.39 Å². The van der Waals surface area contributed by atoms with Gasteiger partial charge in [-0.3, -0.25) is 4.39 Å². The first kappa shape index (κ1) is 40.9. The predicted octanol–water partition coefficient (Wildman–Crippen LogP) is 3.86. The molecule has 0 amide bonds. The molecule has 0 radical (unpaired) electrons. The molecule has 44 heavy (non-hydrogen) atoms. The molecule has 2 aliphatic heterocycles. The van der Waals surface area contributed by atoms with Gasteiger partial charge in [0, 0.05) is 24.7 Å². The van der Waals surface area contributed by atoms with Crippen LogP contribution in [0.15, 0.2) is 36.5 Å². The quantitative estimate of drug-likeness (QED) is 0.251. The van der Waals surface area contributed by atoms with Gasteiger partial charge in [0.1, 0.15) is 0 Å². The van der Waals surface area contributed by atoms with Crippen LogP contribution < -0.4 is 53.5 Å². The van der Waals surface area contributed by atoms with E-state index in [0.717, 1.165) is 58.0 Å². The van der Waals surface area contributed by atoms with E-state index in [4.69, 9.17) is 20.3 Å². The Morgan fingerprint density at radius 1 is 0.841 bits per heavy atom. The second kappa shape index (κ2) is 17.4. The average molecular weight is 742 g/mol. The first-order chi connectivity index (χ1) is 20.0. The summed E-state index contributed by atoms with van der Waals surface area (Å²) in [6.45, 7) is 27.3. The van der Waals surface area contributed by atoms with Crippen LogP contribution in [-0.2, 0) is 18.9 Å². The summed E-state index contributed by atoms with van der Waals surface area (Å²) in [6.07, 6.45) is 13.4. The molecular weight excluding hydrogens is 677 g/mol. The maximum Gasteiger partial charge on any atom is 1.00 e. The molecule has 2 saturated heterocycles. The summed E-state index contributed by atoms with van der Waals surface area (Å²) in [4.78, 5) is 0. The first-order valence-electron chi connectivity index (χ1n) is 17.1. The molecule has 4 spiro atoms. The van der Waals surface area contributed by atoms with Crippen molar-refractivity contribution in [3.63, 3.8) is 0 Å². The molecule has 0 bridgehead atoms. The number of hydrogen-bond donors (Lipinski definition) is 0. The molecule has 250 valence electrons. The van der Waals surface area contributed by atoms with Crippen molar-refractivity contribution in [1.82, 2.24) is 0 Å². The van der Waals surface area contributed by atoms with Gasteiger partial charge in [0.05, 0.1) is 35.0 Å². The van der Waals surface area contributed by atoms with Crippen LogP contribution in [0.2, 0.25) is 0 Å². The molecular formula is C37H63FINaO4. The first-order valence-corrected chi connectivity index (χ1v) is 16.4. The van der Waals surface area contributed by atoms with Gasteiger partial charge in [0.2, 0.25) is 0 Å². The van der Waals surface area contributed by atoms with E-state index in [2.05, 4.69) is 54.4 Å². The Morgan fingerprint density at radius 3 is 1.82 bits per heavy atom. The van der Waals surface area contributed by atoms with Crippen molar-refractivity contribution in [3.8, 4) is 0 Å². The zero-order valence-corrected chi connectivity index (χ0v) is 32.4. The van der Waals surface area contributed by atoms with Gasteiger partial charge in [0.15, 0.2) is 11.6 Å². The summed E-state index contributed by atoms with van der Waals surface area (Å²) in [5.74, 6) is 2.54. The third-order valence-electron chi connectivity index (χ3n) is 12.7. The van der Waals surface area contributed by atoms with Crippen molar-refractivity contribution < 1.29 is 78.2 Å². The fraction of sp³-hybridized carbons (Fsp3) is 0.838. The molecule has 4 saturated carbocycles. The fourth-order valence-corrected chi connectivity index (χ4v) is 10.0. The van der Waals surface area contributed by atoms with Gasteiger partial charge in [-0.15, -0.1) is 0 Å². The molecule has 0 aromatic carbocycles. The largest absolute Gasteiger partial charge is 1.00 e. The van der Waals surface area contributed by atoms with E-state index < -0.39 is 7.15 Å². The van der Waals surface area contributed by atoms with Crippen LogP contribution in [-0.4, -0.2) is 45.2 Å². The minimum absolute atomic E-state index is 0. The molecule has 4 nitrogen and oxygen atoms in total. The second-order valence-corrected chi connectivity index (χ2v) is 14.2. The maximum absolute atomic E-state index is 9.96. The van der Waals surface area contributed by atoms with Crippen LogP contribution in [0.5, 0.6) is 0 Å². The van der Waals surface area contributed by atoms with Gasteiger partial charge in [-0.2, -0.15) is 0 Å². The van der Waals surface area contributed by atoms with Gasteiger partial charge in [-0.25, -0.2) is 0 Å². The Bertz CT molecular complexity index is 983. The Kier molecular flexibility index (Phi) is 16.2. The Labute approximate surface area is 310 Å². The van der Waals surface area contributed by atoms with E-state index in [-0.39, 0.29) is 77.9 Å². The van der Waals surface area contributed by atoms with E-state index >= 15 is 0 Å². The number of allylic oxidation sites excluding steroid dienone is 3. The van der Waals surface area contributed by atoms with E-state index in [0.29, 0.717) is 29.1 Å². The molecule has 2 unspecified atom stereocenters. The standard InChI is InChI=1S/C18H30O2.C17H26O2.CH3F.CH4.HI.Na/c1-5-16-7-6-15(13(2)3)12-17(16)8-9-18(14(17)4)19-10-11-20-18;1-12(2)15-6-5-13(3)16(11-15)7-8-17(14(16)4)18-9-10-19-17;1-2;;;/h14-16H,2,5-12H2,1,3-4H3;14-15H,1,3,5-11H2,2,4H3;1H3;1H4;1H;/q;;;;;+1/p-1/t14?,15-,16-,17+;14?,15-,16-;;;;/m00..../s1/i;;1D;;;. The van der Waals surface area contributed by atoms with Gasteiger partial charge < -0.3 is 42.9 Å². The van der Waals surface area contributed by atoms with Crippen LogP contribution in [0.4, 0.5) is 4.39 Å². The van der Waals surface area contributed by atoms with Crippen molar-refractivity contribution in [1.29, 1.82) is 0 Å². The molecule has 0 N–H and O–H groups in total. The molecule has 6 rings (SSSR count). The van der Waals surface area contributed by atoms with Crippen LogP contribution in [0.3, 0.4) is 0 Å². The molecule has 0 aromatic rings. The smallest absolute Gasteiger partial charge is 1.00 e. The summed E-state index contributed by atoms with van der Waals surface area (Å²) >= 11 is 0. The average Bonchev–Trinajstić information content (AvgIpc) is 3.76. The fourth-order valence-electron chi connectivity index (χ4n) is 10.0. The van der Waals surface area contributed by atoms with Gasteiger partial charge in [-0.05, 0) is 93.8 Å². The monoisotopic (exact) mass is 741 g/mol. The van der Waals surface area contributed by atoms with Gasteiger partial charge >= 0.3 is 29.6 Å². The predicted molar refractivity (Wildman–Crippen MR) is 172 cm³/mol. The second-order valence-electron chi connectivity index (χ2n) is 14.2. The van der Waals surface area contributed by atoms with Crippen molar-refractivity contribution >= 4 is 0 Å². The van der Waals surface area contributed by atoms with Crippen LogP contribution in [0.1, 0.15) is 114 Å². The molecule has 6 aliphatic rings. The topological polar surface area (TPSA) is 36.9 Å². The number of hydrogen-bond acceptors (Lipinski definition) is 4. The van der Waals surface area contributed by atoms with Crippen LogP contribution >= 0.6 is 0 Å². The SMILES string of the molecule is C.C=C(C)[C@H]1CCC(=C)[C@]2(CCC3(OCCO3)C2C)C1.C=C(C)[C@H]1CC[C@H](CC)[C@]2(CCC3(OCCO3)C2C)C1.[2H]CF.[I-].[Na+]. The summed E-state index contributed by atoms with van der Waals surface area (Å²) < 4.78 is 39.7. The van der Waals surface area contributed by atoms with Crippen molar-refractivity contribution in [2.75, 3.05) is 33.6 Å². The Balaban J connectivity index is 0.000000390. The number of rotatable bonds is 3. The van der Waals surface area contributed by atoms with Crippen molar-refractivity contribution in [2.45, 2.75) is 124 Å². The van der Waals surface area contributed by atoms with E-state index in [1.165, 1.54) is 61.7 Å². The number of alkyl halides is 1. The minimum atomic E-state index is -1.00. The zero-order valence-electron chi connectivity index (χ0n) is 29.2. The maximum atomic E-state index is 9.96. The number of halogens is 2. The summed E-state index contributed by atoms with van der Waals surface area (Å²) in [5.41, 5.74) is 4.76. The van der Waals surface area contributed by atoms with Gasteiger partial charge in [0.25, 0.3) is 0 Å². The number of ether oxygens (including phenoxy) is 4. The molecule has 7 atom stereocenters. The molecule has 4 aliphatic carbocycles. The van der Waals surface area contributed by atoms with Crippen LogP contribution in [0.25, 0.3) is 0 Å². The molecule has 2 heterocycles. The van der Waals surface area contributed by atoms with Crippen molar-refractivity contribution in [3.05, 3.63) is 36.5 Å². The van der Waals surface area contributed by atoms with Crippen LogP contribution in [0, 0.1) is 40.4 Å². The van der Waals surface area contributed by atoms with Crippen molar-refractivity contribution in [2.24, 2.45) is 40.4 Å².